The van der Waals surface area contributed by atoms with Crippen LogP contribution in [0.3, 0.4) is 0 Å². The summed E-state index contributed by atoms with van der Waals surface area (Å²) in [5.74, 6) is 0.689. The first kappa shape index (κ1) is 14.1. The Hall–Kier alpha value is -1.35. The van der Waals surface area contributed by atoms with Crippen molar-refractivity contribution in [2.75, 3.05) is 6.54 Å². The number of hydrogen-bond donors (Lipinski definition) is 2. The van der Waals surface area contributed by atoms with Gasteiger partial charge in [0.05, 0.1) is 0 Å². The molecule has 3 N–H and O–H groups in total. The molecular formula is C16H24N2O. The van der Waals surface area contributed by atoms with Crippen LogP contribution in [0.5, 0.6) is 0 Å². The van der Waals surface area contributed by atoms with Crippen LogP contribution >= 0.6 is 0 Å². The largest absolute Gasteiger partial charge is 0.349 e. The van der Waals surface area contributed by atoms with Gasteiger partial charge in [-0.2, -0.15) is 0 Å². The molecule has 2 rings (SSSR count). The second-order valence-corrected chi connectivity index (χ2v) is 5.50. The van der Waals surface area contributed by atoms with Gasteiger partial charge in [-0.3, -0.25) is 4.79 Å². The van der Waals surface area contributed by atoms with Crippen molar-refractivity contribution in [2.45, 2.75) is 45.1 Å². The summed E-state index contributed by atoms with van der Waals surface area (Å²) in [6, 6.07) is 8.02. The molecule has 1 aliphatic carbocycles. The Kier molecular flexibility index (Phi) is 4.97. The first-order valence-electron chi connectivity index (χ1n) is 7.31. The normalized spacial score (nSPS) is 17.4. The molecule has 1 aromatic rings. The van der Waals surface area contributed by atoms with Gasteiger partial charge in [-0.25, -0.2) is 0 Å². The fraction of sp³-hybridized carbons (Fsp3) is 0.562. The fourth-order valence-electron chi connectivity index (χ4n) is 2.98. The number of nitrogens with one attached hydrogen (secondary N) is 1. The van der Waals surface area contributed by atoms with Gasteiger partial charge in [0.1, 0.15) is 0 Å². The second kappa shape index (κ2) is 6.71. The molecule has 0 radical (unpaired) electrons. The summed E-state index contributed by atoms with van der Waals surface area (Å²) in [5.41, 5.74) is 7.42. The van der Waals surface area contributed by atoms with Gasteiger partial charge in [-0.1, -0.05) is 31.0 Å². The summed E-state index contributed by atoms with van der Waals surface area (Å²) in [4.78, 5) is 12.4. The topological polar surface area (TPSA) is 55.1 Å². The Labute approximate surface area is 115 Å². The zero-order chi connectivity index (χ0) is 13.7. The molecule has 1 atom stereocenters. The van der Waals surface area contributed by atoms with Gasteiger partial charge >= 0.3 is 0 Å². The van der Waals surface area contributed by atoms with E-state index in [0.717, 1.165) is 17.5 Å². The first-order valence-corrected chi connectivity index (χ1v) is 7.31. The first-order chi connectivity index (χ1) is 9.22. The quantitative estimate of drug-likeness (QED) is 0.854. The van der Waals surface area contributed by atoms with Crippen LogP contribution in [-0.4, -0.2) is 18.5 Å². The van der Waals surface area contributed by atoms with E-state index >= 15 is 0 Å². The molecule has 0 unspecified atom stereocenters. The molecule has 3 heteroatoms. The minimum Gasteiger partial charge on any atom is -0.349 e. The summed E-state index contributed by atoms with van der Waals surface area (Å²) in [6.45, 7) is 2.70. The van der Waals surface area contributed by atoms with Gasteiger partial charge in [0.25, 0.3) is 5.91 Å². The maximum Gasteiger partial charge on any atom is 0.251 e. The van der Waals surface area contributed by atoms with E-state index in [1.807, 2.05) is 24.3 Å². The zero-order valence-electron chi connectivity index (χ0n) is 11.7. The van der Waals surface area contributed by atoms with Crippen LogP contribution in [0.15, 0.2) is 24.3 Å². The van der Waals surface area contributed by atoms with Gasteiger partial charge in [0, 0.05) is 11.6 Å². The van der Waals surface area contributed by atoms with Crippen LogP contribution in [0.4, 0.5) is 0 Å². The third-order valence-electron chi connectivity index (χ3n) is 4.14. The van der Waals surface area contributed by atoms with Crippen molar-refractivity contribution in [3.8, 4) is 0 Å². The molecule has 1 amide bonds. The van der Waals surface area contributed by atoms with Crippen LogP contribution in [0, 0.1) is 5.92 Å². The van der Waals surface area contributed by atoms with Crippen LogP contribution in [0.25, 0.3) is 0 Å². The number of hydrogen-bond acceptors (Lipinski definition) is 2. The van der Waals surface area contributed by atoms with Crippen molar-refractivity contribution in [2.24, 2.45) is 11.7 Å². The van der Waals surface area contributed by atoms with Crippen molar-refractivity contribution >= 4 is 5.91 Å². The van der Waals surface area contributed by atoms with E-state index in [1.54, 1.807) is 0 Å². The Bertz CT molecular complexity index is 425. The summed E-state index contributed by atoms with van der Waals surface area (Å²) >= 11 is 0. The number of benzene rings is 1. The van der Waals surface area contributed by atoms with Crippen molar-refractivity contribution in [1.82, 2.24) is 5.32 Å². The van der Waals surface area contributed by atoms with Crippen LogP contribution in [-0.2, 0) is 6.42 Å². The van der Waals surface area contributed by atoms with Crippen LogP contribution < -0.4 is 11.1 Å². The van der Waals surface area contributed by atoms with Crippen LogP contribution in [0.2, 0.25) is 0 Å². The second-order valence-electron chi connectivity index (χ2n) is 5.50. The third kappa shape index (κ3) is 3.57. The summed E-state index contributed by atoms with van der Waals surface area (Å²) in [6.07, 6.45) is 5.84. The summed E-state index contributed by atoms with van der Waals surface area (Å²) in [5, 5.41) is 3.16. The monoisotopic (exact) mass is 260 g/mol. The highest BCUT2D eigenvalue weighted by molar-refractivity contribution is 5.95. The number of nitrogens with two attached hydrogens (primary N) is 1. The highest BCUT2D eigenvalue weighted by Gasteiger charge is 2.23. The van der Waals surface area contributed by atoms with Crippen molar-refractivity contribution in [1.29, 1.82) is 0 Å². The molecule has 1 aromatic carbocycles. The van der Waals surface area contributed by atoms with E-state index in [4.69, 9.17) is 5.73 Å². The van der Waals surface area contributed by atoms with E-state index in [9.17, 15) is 4.79 Å². The molecule has 0 bridgehead atoms. The molecule has 1 saturated carbocycles. The SMILES string of the molecule is C[C@H](NC(=O)c1ccccc1CCN)C1CCCC1. The average Bonchev–Trinajstić information content (AvgIpc) is 2.93. The number of amides is 1. The van der Waals surface area contributed by atoms with Crippen molar-refractivity contribution in [3.05, 3.63) is 35.4 Å². The van der Waals surface area contributed by atoms with Gasteiger partial charge in [0.15, 0.2) is 0 Å². The van der Waals surface area contributed by atoms with Crippen molar-refractivity contribution in [3.63, 3.8) is 0 Å². The molecular weight excluding hydrogens is 236 g/mol. The van der Waals surface area contributed by atoms with E-state index in [1.165, 1.54) is 25.7 Å². The van der Waals surface area contributed by atoms with Gasteiger partial charge in [0.2, 0.25) is 0 Å². The molecule has 104 valence electrons. The molecule has 1 fully saturated rings. The lowest BCUT2D eigenvalue weighted by molar-refractivity contribution is 0.0926. The lowest BCUT2D eigenvalue weighted by atomic mass is 9.98. The highest BCUT2D eigenvalue weighted by Crippen LogP contribution is 2.27. The number of carbonyl (C=O) groups is 1. The molecule has 0 spiro atoms. The van der Waals surface area contributed by atoms with Gasteiger partial charge < -0.3 is 11.1 Å². The van der Waals surface area contributed by atoms with E-state index in [2.05, 4.69) is 12.2 Å². The molecule has 1 aliphatic rings. The number of rotatable bonds is 5. The zero-order valence-corrected chi connectivity index (χ0v) is 11.7. The summed E-state index contributed by atoms with van der Waals surface area (Å²) < 4.78 is 0. The van der Waals surface area contributed by atoms with E-state index < -0.39 is 0 Å². The third-order valence-corrected chi connectivity index (χ3v) is 4.14. The Morgan fingerprint density at radius 3 is 2.74 bits per heavy atom. The number of carbonyl (C=O) groups excluding carboxylic acids is 1. The molecule has 19 heavy (non-hydrogen) atoms. The lowest BCUT2D eigenvalue weighted by Gasteiger charge is -2.21. The Morgan fingerprint density at radius 1 is 1.37 bits per heavy atom. The highest BCUT2D eigenvalue weighted by atomic mass is 16.1. The molecule has 0 heterocycles. The average molecular weight is 260 g/mol. The smallest absolute Gasteiger partial charge is 0.251 e. The Balaban J connectivity index is 2.02. The minimum atomic E-state index is 0.0449. The molecule has 0 aliphatic heterocycles. The molecule has 0 saturated heterocycles. The standard InChI is InChI=1S/C16H24N2O/c1-12(13-6-2-3-7-13)18-16(19)15-9-5-4-8-14(15)10-11-17/h4-5,8-9,12-13H,2-3,6-7,10-11,17H2,1H3,(H,18,19)/t12-/m0/s1. The maximum atomic E-state index is 12.4. The summed E-state index contributed by atoms with van der Waals surface area (Å²) in [7, 11) is 0. The van der Waals surface area contributed by atoms with E-state index in [0.29, 0.717) is 12.5 Å². The maximum absolute atomic E-state index is 12.4. The molecule has 3 nitrogen and oxygen atoms in total. The predicted molar refractivity (Wildman–Crippen MR) is 78.1 cm³/mol. The lowest BCUT2D eigenvalue weighted by Crippen LogP contribution is -2.37. The van der Waals surface area contributed by atoms with Gasteiger partial charge in [-0.15, -0.1) is 0 Å². The van der Waals surface area contributed by atoms with Crippen molar-refractivity contribution < 1.29 is 4.79 Å². The minimum absolute atomic E-state index is 0.0449. The van der Waals surface area contributed by atoms with E-state index in [-0.39, 0.29) is 11.9 Å². The fourth-order valence-corrected chi connectivity index (χ4v) is 2.98. The van der Waals surface area contributed by atoms with Gasteiger partial charge in [-0.05, 0) is 50.3 Å². The van der Waals surface area contributed by atoms with Crippen LogP contribution in [0.1, 0.15) is 48.5 Å². The predicted octanol–water partition coefficient (Wildman–Crippen LogP) is 2.50. The Morgan fingerprint density at radius 2 is 2.05 bits per heavy atom. The molecule has 0 aromatic heterocycles.